The number of hydrogen-bond donors (Lipinski definition) is 0. The van der Waals surface area contributed by atoms with Gasteiger partial charge in [-0.05, 0) is 29.8 Å². The van der Waals surface area contributed by atoms with E-state index in [-0.39, 0.29) is 42.7 Å². The number of rotatable bonds is 5. The SMILES string of the molecule is O=C(/C=C/c1ccc(Cl)cc1Cl)N1CCN(S(=O)(=O)c2cccc([N+](=O)[O-])c2)CC1. The van der Waals surface area contributed by atoms with Gasteiger partial charge in [-0.25, -0.2) is 8.42 Å². The molecule has 3 rings (SSSR count). The summed E-state index contributed by atoms with van der Waals surface area (Å²) in [4.78, 5) is 24.1. The first-order chi connectivity index (χ1) is 14.2. The third-order valence-electron chi connectivity index (χ3n) is 4.58. The molecule has 1 aliphatic heterocycles. The van der Waals surface area contributed by atoms with Gasteiger partial charge in [-0.1, -0.05) is 35.3 Å². The predicted molar refractivity (Wildman–Crippen MR) is 114 cm³/mol. The minimum atomic E-state index is -3.89. The summed E-state index contributed by atoms with van der Waals surface area (Å²) in [5, 5.41) is 11.8. The van der Waals surface area contributed by atoms with Crippen molar-refractivity contribution < 1.29 is 18.1 Å². The van der Waals surface area contributed by atoms with Gasteiger partial charge in [0.25, 0.3) is 5.69 Å². The van der Waals surface area contributed by atoms with Gasteiger partial charge in [-0.2, -0.15) is 4.31 Å². The van der Waals surface area contributed by atoms with E-state index in [1.54, 1.807) is 24.3 Å². The molecule has 0 atom stereocenters. The third-order valence-corrected chi connectivity index (χ3v) is 7.04. The van der Waals surface area contributed by atoms with Crippen molar-refractivity contribution in [1.29, 1.82) is 0 Å². The van der Waals surface area contributed by atoms with Gasteiger partial charge in [0, 0.05) is 54.4 Å². The summed E-state index contributed by atoms with van der Waals surface area (Å²) in [6.07, 6.45) is 2.95. The van der Waals surface area contributed by atoms with Gasteiger partial charge in [-0.15, -0.1) is 0 Å². The molecule has 1 saturated heterocycles. The van der Waals surface area contributed by atoms with Gasteiger partial charge in [0.2, 0.25) is 15.9 Å². The van der Waals surface area contributed by atoms with E-state index in [2.05, 4.69) is 0 Å². The Balaban J connectivity index is 1.65. The Kier molecular flexibility index (Phi) is 6.77. The predicted octanol–water partition coefficient (Wildman–Crippen LogP) is 3.45. The Morgan fingerprint density at radius 2 is 1.77 bits per heavy atom. The molecule has 0 bridgehead atoms. The molecule has 1 aliphatic rings. The first kappa shape index (κ1) is 22.2. The van der Waals surface area contributed by atoms with Crippen LogP contribution in [-0.2, 0) is 14.8 Å². The van der Waals surface area contributed by atoms with Crippen molar-refractivity contribution in [2.45, 2.75) is 4.90 Å². The summed E-state index contributed by atoms with van der Waals surface area (Å²) < 4.78 is 26.8. The second kappa shape index (κ2) is 9.13. The number of non-ortho nitro benzene ring substituents is 1. The number of nitro benzene ring substituents is 1. The van der Waals surface area contributed by atoms with Crippen LogP contribution >= 0.6 is 23.2 Å². The van der Waals surface area contributed by atoms with E-state index in [0.29, 0.717) is 15.6 Å². The topological polar surface area (TPSA) is 101 Å². The van der Waals surface area contributed by atoms with Crippen LogP contribution in [-0.4, -0.2) is 54.6 Å². The van der Waals surface area contributed by atoms with Crippen LogP contribution < -0.4 is 0 Å². The van der Waals surface area contributed by atoms with Crippen molar-refractivity contribution in [1.82, 2.24) is 9.21 Å². The zero-order chi connectivity index (χ0) is 21.9. The summed E-state index contributed by atoms with van der Waals surface area (Å²) >= 11 is 11.9. The van der Waals surface area contributed by atoms with Crippen molar-refractivity contribution in [3.63, 3.8) is 0 Å². The average molecular weight is 470 g/mol. The number of piperazine rings is 1. The third kappa shape index (κ3) is 4.99. The number of carbonyl (C=O) groups excluding carboxylic acids is 1. The summed E-state index contributed by atoms with van der Waals surface area (Å²) in [5.41, 5.74) is 0.345. The second-order valence-corrected chi connectivity index (χ2v) is 9.26. The number of carbonyl (C=O) groups is 1. The molecule has 2 aromatic rings. The number of benzene rings is 2. The quantitative estimate of drug-likeness (QED) is 0.379. The number of sulfonamides is 1. The van der Waals surface area contributed by atoms with Gasteiger partial charge in [-0.3, -0.25) is 14.9 Å². The molecular formula is C19H17Cl2N3O5S. The van der Waals surface area contributed by atoms with Crippen molar-refractivity contribution in [3.05, 3.63) is 74.3 Å². The molecule has 30 heavy (non-hydrogen) atoms. The molecule has 8 nitrogen and oxygen atoms in total. The number of amides is 1. The molecule has 2 aromatic carbocycles. The lowest BCUT2D eigenvalue weighted by Gasteiger charge is -2.33. The lowest BCUT2D eigenvalue weighted by molar-refractivity contribution is -0.385. The van der Waals surface area contributed by atoms with E-state index in [0.717, 1.165) is 6.07 Å². The van der Waals surface area contributed by atoms with Crippen molar-refractivity contribution in [3.8, 4) is 0 Å². The van der Waals surface area contributed by atoms with Gasteiger partial charge >= 0.3 is 0 Å². The molecular weight excluding hydrogens is 453 g/mol. The average Bonchev–Trinajstić information content (AvgIpc) is 2.73. The maximum atomic E-state index is 12.8. The van der Waals surface area contributed by atoms with Crippen LogP contribution in [0.15, 0.2) is 53.4 Å². The lowest BCUT2D eigenvalue weighted by atomic mass is 10.2. The number of hydrogen-bond acceptors (Lipinski definition) is 5. The largest absolute Gasteiger partial charge is 0.337 e. The molecule has 0 aromatic heterocycles. The molecule has 0 radical (unpaired) electrons. The molecule has 0 N–H and O–H groups in total. The fourth-order valence-corrected chi connectivity index (χ4v) is 4.89. The van der Waals surface area contributed by atoms with Crippen molar-refractivity contribution in [2.24, 2.45) is 0 Å². The summed E-state index contributed by atoms with van der Waals surface area (Å²) in [5.74, 6) is -0.270. The first-order valence-corrected chi connectivity index (χ1v) is 11.0. The Morgan fingerprint density at radius 3 is 2.40 bits per heavy atom. The van der Waals surface area contributed by atoms with Crippen molar-refractivity contribution >= 4 is 50.9 Å². The number of nitro groups is 1. The zero-order valence-corrected chi connectivity index (χ0v) is 17.9. The fourth-order valence-electron chi connectivity index (χ4n) is 2.96. The molecule has 0 aliphatic carbocycles. The normalized spacial score (nSPS) is 15.5. The van der Waals surface area contributed by atoms with E-state index in [1.165, 1.54) is 33.5 Å². The van der Waals surface area contributed by atoms with E-state index in [9.17, 15) is 23.3 Å². The van der Waals surface area contributed by atoms with Crippen LogP contribution in [0.2, 0.25) is 10.0 Å². The molecule has 1 fully saturated rings. The van der Waals surface area contributed by atoms with Crippen molar-refractivity contribution in [2.75, 3.05) is 26.2 Å². The number of halogens is 2. The standard InChI is InChI=1S/C19H17Cl2N3O5S/c20-15-6-4-14(18(21)12-15)5-7-19(25)22-8-10-23(11-9-22)30(28,29)17-3-1-2-16(13-17)24(26)27/h1-7,12-13H,8-11H2/b7-5+. The van der Waals surface area contributed by atoms with Gasteiger partial charge in [0.1, 0.15) is 0 Å². The van der Waals surface area contributed by atoms with E-state index in [4.69, 9.17) is 23.2 Å². The summed E-state index contributed by atoms with van der Waals surface area (Å²) in [6, 6.07) is 9.84. The Morgan fingerprint density at radius 1 is 1.07 bits per heavy atom. The Bertz CT molecular complexity index is 1110. The monoisotopic (exact) mass is 469 g/mol. The fraction of sp³-hybridized carbons (Fsp3) is 0.211. The molecule has 1 amide bonds. The maximum Gasteiger partial charge on any atom is 0.270 e. The Labute approximate surface area is 183 Å². The van der Waals surface area contributed by atoms with E-state index >= 15 is 0 Å². The molecule has 11 heteroatoms. The zero-order valence-electron chi connectivity index (χ0n) is 15.6. The van der Waals surface area contributed by atoms with E-state index in [1.807, 2.05) is 0 Å². The van der Waals surface area contributed by atoms with Crippen LogP contribution in [0.5, 0.6) is 0 Å². The van der Waals surface area contributed by atoms with Gasteiger partial charge in [0.05, 0.1) is 9.82 Å². The highest BCUT2D eigenvalue weighted by Crippen LogP contribution is 2.23. The number of nitrogens with zero attached hydrogens (tertiary/aromatic N) is 3. The molecule has 158 valence electrons. The maximum absolute atomic E-state index is 12.8. The van der Waals surface area contributed by atoms with Gasteiger partial charge in [0.15, 0.2) is 0 Å². The van der Waals surface area contributed by atoms with E-state index < -0.39 is 14.9 Å². The summed E-state index contributed by atoms with van der Waals surface area (Å²) in [6.45, 7) is 0.579. The van der Waals surface area contributed by atoms with Crippen LogP contribution in [0.3, 0.4) is 0 Å². The van der Waals surface area contributed by atoms with Crippen LogP contribution in [0.4, 0.5) is 5.69 Å². The van der Waals surface area contributed by atoms with Gasteiger partial charge < -0.3 is 4.90 Å². The molecule has 0 unspecified atom stereocenters. The highest BCUT2D eigenvalue weighted by molar-refractivity contribution is 7.89. The lowest BCUT2D eigenvalue weighted by Crippen LogP contribution is -2.50. The molecule has 0 spiro atoms. The molecule has 1 heterocycles. The Hall–Kier alpha value is -2.46. The summed E-state index contributed by atoms with van der Waals surface area (Å²) in [7, 11) is -3.89. The van der Waals surface area contributed by atoms with Crippen LogP contribution in [0.1, 0.15) is 5.56 Å². The smallest absolute Gasteiger partial charge is 0.270 e. The minimum absolute atomic E-state index is 0.0896. The first-order valence-electron chi connectivity index (χ1n) is 8.85. The minimum Gasteiger partial charge on any atom is -0.337 e. The van der Waals surface area contributed by atoms with Crippen LogP contribution in [0.25, 0.3) is 6.08 Å². The highest BCUT2D eigenvalue weighted by Gasteiger charge is 2.30. The highest BCUT2D eigenvalue weighted by atomic mass is 35.5. The van der Waals surface area contributed by atoms with Crippen LogP contribution in [0, 0.1) is 10.1 Å². The second-order valence-electron chi connectivity index (χ2n) is 6.48. The molecule has 0 saturated carbocycles.